The zero-order chi connectivity index (χ0) is 15.2. The van der Waals surface area contributed by atoms with Gasteiger partial charge in [0, 0.05) is 4.47 Å². The number of nitrogens with two attached hydrogens (primary N) is 1. The number of ether oxygens (including phenoxy) is 2. The SMILES string of the molecule is Cc1ccccc1OCCOc1ccc(Br)cc1C(N)=S. The van der Waals surface area contributed by atoms with Gasteiger partial charge in [0.25, 0.3) is 0 Å². The summed E-state index contributed by atoms with van der Waals surface area (Å²) in [6.45, 7) is 2.89. The molecule has 0 unspecified atom stereocenters. The monoisotopic (exact) mass is 365 g/mol. The van der Waals surface area contributed by atoms with Crippen LogP contribution in [0.2, 0.25) is 0 Å². The van der Waals surface area contributed by atoms with Crippen LogP contribution in [0.5, 0.6) is 11.5 Å². The zero-order valence-corrected chi connectivity index (χ0v) is 14.0. The predicted molar refractivity (Wildman–Crippen MR) is 92.2 cm³/mol. The Morgan fingerprint density at radius 3 is 2.43 bits per heavy atom. The number of hydrogen-bond acceptors (Lipinski definition) is 3. The van der Waals surface area contributed by atoms with Crippen molar-refractivity contribution in [3.63, 3.8) is 0 Å². The molecule has 0 fully saturated rings. The Balaban J connectivity index is 1.92. The van der Waals surface area contributed by atoms with Crippen LogP contribution in [0.25, 0.3) is 0 Å². The first-order valence-electron chi connectivity index (χ1n) is 6.48. The highest BCUT2D eigenvalue weighted by atomic mass is 79.9. The normalized spacial score (nSPS) is 10.2. The number of halogens is 1. The number of hydrogen-bond donors (Lipinski definition) is 1. The molecular weight excluding hydrogens is 350 g/mol. The summed E-state index contributed by atoms with van der Waals surface area (Å²) in [5.41, 5.74) is 7.52. The second-order valence-corrected chi connectivity index (χ2v) is 5.82. The fourth-order valence-corrected chi connectivity index (χ4v) is 2.36. The second-order valence-electron chi connectivity index (χ2n) is 4.47. The van der Waals surface area contributed by atoms with Gasteiger partial charge >= 0.3 is 0 Å². The van der Waals surface area contributed by atoms with Crippen molar-refractivity contribution in [1.29, 1.82) is 0 Å². The summed E-state index contributed by atoms with van der Waals surface area (Å²) in [7, 11) is 0. The van der Waals surface area contributed by atoms with Crippen LogP contribution in [0.1, 0.15) is 11.1 Å². The van der Waals surface area contributed by atoms with E-state index in [4.69, 9.17) is 27.4 Å². The maximum atomic E-state index is 5.70. The Hall–Kier alpha value is -1.59. The van der Waals surface area contributed by atoms with E-state index in [0.29, 0.717) is 24.0 Å². The van der Waals surface area contributed by atoms with Crippen LogP contribution >= 0.6 is 28.1 Å². The molecule has 0 aromatic heterocycles. The lowest BCUT2D eigenvalue weighted by atomic mass is 10.2. The van der Waals surface area contributed by atoms with Gasteiger partial charge < -0.3 is 15.2 Å². The Morgan fingerprint density at radius 1 is 1.10 bits per heavy atom. The van der Waals surface area contributed by atoms with Crippen molar-refractivity contribution in [2.75, 3.05) is 13.2 Å². The number of rotatable bonds is 6. The maximum Gasteiger partial charge on any atom is 0.129 e. The minimum atomic E-state index is 0.311. The van der Waals surface area contributed by atoms with Gasteiger partial charge in [0.2, 0.25) is 0 Å². The molecule has 2 aromatic rings. The molecule has 0 spiro atoms. The van der Waals surface area contributed by atoms with Gasteiger partial charge in [0.15, 0.2) is 0 Å². The van der Waals surface area contributed by atoms with Gasteiger partial charge in [-0.25, -0.2) is 0 Å². The first kappa shape index (κ1) is 15.8. The predicted octanol–water partition coefficient (Wildman–Crippen LogP) is 3.85. The molecule has 0 aliphatic rings. The van der Waals surface area contributed by atoms with E-state index in [1.54, 1.807) is 0 Å². The van der Waals surface area contributed by atoms with Crippen molar-refractivity contribution in [3.05, 3.63) is 58.1 Å². The van der Waals surface area contributed by atoms with E-state index in [0.717, 1.165) is 21.3 Å². The minimum Gasteiger partial charge on any atom is -0.490 e. The first-order chi connectivity index (χ1) is 10.1. The van der Waals surface area contributed by atoms with Crippen molar-refractivity contribution in [1.82, 2.24) is 0 Å². The fraction of sp³-hybridized carbons (Fsp3) is 0.188. The van der Waals surface area contributed by atoms with Crippen LogP contribution < -0.4 is 15.2 Å². The van der Waals surface area contributed by atoms with Crippen molar-refractivity contribution >= 4 is 33.1 Å². The summed E-state index contributed by atoms with van der Waals surface area (Å²) in [5.74, 6) is 1.53. The van der Waals surface area contributed by atoms with E-state index in [1.807, 2.05) is 49.4 Å². The molecule has 5 heteroatoms. The lowest BCUT2D eigenvalue weighted by molar-refractivity contribution is 0.216. The van der Waals surface area contributed by atoms with E-state index < -0.39 is 0 Å². The second kappa shape index (κ2) is 7.43. The van der Waals surface area contributed by atoms with E-state index >= 15 is 0 Å². The first-order valence-corrected chi connectivity index (χ1v) is 7.68. The van der Waals surface area contributed by atoms with Gasteiger partial charge in [-0.05, 0) is 36.8 Å². The molecule has 0 aliphatic heterocycles. The number of thiocarbonyl (C=S) groups is 1. The highest BCUT2D eigenvalue weighted by Crippen LogP contribution is 2.23. The molecule has 110 valence electrons. The molecule has 2 N–H and O–H groups in total. The molecule has 0 bridgehead atoms. The molecule has 2 rings (SSSR count). The minimum absolute atomic E-state index is 0.311. The van der Waals surface area contributed by atoms with Crippen molar-refractivity contribution in [3.8, 4) is 11.5 Å². The molecule has 0 atom stereocenters. The van der Waals surface area contributed by atoms with Gasteiger partial charge in [-0.3, -0.25) is 0 Å². The highest BCUT2D eigenvalue weighted by molar-refractivity contribution is 9.10. The fourth-order valence-electron chi connectivity index (χ4n) is 1.84. The lowest BCUT2D eigenvalue weighted by Crippen LogP contribution is -2.14. The molecule has 2 aromatic carbocycles. The summed E-state index contributed by atoms with van der Waals surface area (Å²) >= 11 is 8.42. The summed E-state index contributed by atoms with van der Waals surface area (Å²) in [4.78, 5) is 0.311. The van der Waals surface area contributed by atoms with Gasteiger partial charge in [-0.2, -0.15) is 0 Å². The molecule has 0 radical (unpaired) electrons. The van der Waals surface area contributed by atoms with E-state index in [1.165, 1.54) is 0 Å². The summed E-state index contributed by atoms with van der Waals surface area (Å²) in [6, 6.07) is 13.5. The molecule has 3 nitrogen and oxygen atoms in total. The van der Waals surface area contributed by atoms with Crippen molar-refractivity contribution < 1.29 is 9.47 Å². The summed E-state index contributed by atoms with van der Waals surface area (Å²) in [5, 5.41) is 0. The van der Waals surface area contributed by atoms with Crippen LogP contribution in [0.3, 0.4) is 0 Å². The quantitative estimate of drug-likeness (QED) is 0.623. The Bertz CT molecular complexity index is 646. The largest absolute Gasteiger partial charge is 0.490 e. The third kappa shape index (κ3) is 4.44. The molecule has 0 saturated carbocycles. The Kier molecular flexibility index (Phi) is 5.59. The van der Waals surface area contributed by atoms with Crippen molar-refractivity contribution in [2.45, 2.75) is 6.92 Å². The Morgan fingerprint density at radius 2 is 1.76 bits per heavy atom. The molecule has 0 amide bonds. The number of para-hydroxylation sites is 1. The summed E-state index contributed by atoms with van der Waals surface area (Å²) < 4.78 is 12.3. The highest BCUT2D eigenvalue weighted by Gasteiger charge is 2.07. The number of aryl methyl sites for hydroxylation is 1. The van der Waals surface area contributed by atoms with Gasteiger partial charge in [-0.1, -0.05) is 46.3 Å². The van der Waals surface area contributed by atoms with Crippen molar-refractivity contribution in [2.24, 2.45) is 5.73 Å². The van der Waals surface area contributed by atoms with Gasteiger partial charge in [0.05, 0.1) is 5.56 Å². The van der Waals surface area contributed by atoms with E-state index in [-0.39, 0.29) is 0 Å². The van der Waals surface area contributed by atoms with Crippen LogP contribution in [0.4, 0.5) is 0 Å². The molecular formula is C16H16BrNO2S. The molecule has 21 heavy (non-hydrogen) atoms. The van der Waals surface area contributed by atoms with E-state index in [2.05, 4.69) is 15.9 Å². The average Bonchev–Trinajstić information content (AvgIpc) is 2.46. The Labute approximate surface area is 138 Å². The smallest absolute Gasteiger partial charge is 0.129 e. The molecule has 0 heterocycles. The zero-order valence-electron chi connectivity index (χ0n) is 11.6. The third-order valence-corrected chi connectivity index (χ3v) is 3.61. The molecule has 0 aliphatic carbocycles. The van der Waals surface area contributed by atoms with Gasteiger partial charge in [0.1, 0.15) is 29.7 Å². The van der Waals surface area contributed by atoms with E-state index in [9.17, 15) is 0 Å². The summed E-state index contributed by atoms with van der Waals surface area (Å²) in [6.07, 6.45) is 0. The van der Waals surface area contributed by atoms with Crippen LogP contribution in [0.15, 0.2) is 46.9 Å². The maximum absolute atomic E-state index is 5.70. The average molecular weight is 366 g/mol. The topological polar surface area (TPSA) is 44.5 Å². The lowest BCUT2D eigenvalue weighted by Gasteiger charge is -2.12. The van der Waals surface area contributed by atoms with Crippen LogP contribution in [0, 0.1) is 6.92 Å². The van der Waals surface area contributed by atoms with Crippen LogP contribution in [-0.2, 0) is 0 Å². The molecule has 0 saturated heterocycles. The third-order valence-electron chi connectivity index (χ3n) is 2.90. The van der Waals surface area contributed by atoms with Gasteiger partial charge in [-0.15, -0.1) is 0 Å². The number of benzene rings is 2. The standard InChI is InChI=1S/C16H16BrNO2S/c1-11-4-2-3-5-14(11)19-8-9-20-15-7-6-12(17)10-13(15)16(18)21/h2-7,10H,8-9H2,1H3,(H2,18,21). The van der Waals surface area contributed by atoms with Crippen LogP contribution in [-0.4, -0.2) is 18.2 Å².